The summed E-state index contributed by atoms with van der Waals surface area (Å²) in [6, 6.07) is 7.85. The Kier molecular flexibility index (Phi) is 3.33. The molecule has 5 heteroatoms. The third-order valence-corrected chi connectivity index (χ3v) is 1.42. The van der Waals surface area contributed by atoms with Crippen LogP contribution in [-0.4, -0.2) is 17.6 Å². The maximum atomic E-state index is 10.6. The molecule has 0 amide bonds. The van der Waals surface area contributed by atoms with Crippen LogP contribution in [0.4, 0.5) is 5.69 Å². The van der Waals surface area contributed by atoms with Crippen molar-refractivity contribution in [2.45, 2.75) is 0 Å². The zero-order valence-corrected chi connectivity index (χ0v) is 7.21. The molecule has 0 bridgehead atoms. The average molecular weight is 189 g/mol. The van der Waals surface area contributed by atoms with Crippen LogP contribution < -0.4 is 0 Å². The number of rotatable bonds is 3. The molecule has 0 aliphatic heterocycles. The van der Waals surface area contributed by atoms with Crippen molar-refractivity contribution < 1.29 is 9.90 Å². The van der Waals surface area contributed by atoms with Gasteiger partial charge in [-0.15, -0.1) is 0 Å². The number of carbonyl (C=O) groups is 1. The Morgan fingerprint density at radius 3 is 3.00 bits per heavy atom. The van der Waals surface area contributed by atoms with Gasteiger partial charge in [0.1, 0.15) is 6.54 Å². The van der Waals surface area contributed by atoms with E-state index in [-0.39, 0.29) is 12.1 Å². The summed E-state index contributed by atoms with van der Waals surface area (Å²) < 4.78 is 0. The van der Waals surface area contributed by atoms with Crippen molar-refractivity contribution in [2.24, 2.45) is 10.2 Å². The Balaban J connectivity index is 2.85. The molecule has 0 aliphatic carbocycles. The molecule has 0 unspecified atom stereocenters. The Bertz CT molecular complexity index is 407. The first kappa shape index (κ1) is 9.86. The molecule has 0 aliphatic rings. The molecular weight excluding hydrogens is 182 g/mol. The maximum Gasteiger partial charge on any atom is 0.335 e. The van der Waals surface area contributed by atoms with E-state index in [1.54, 1.807) is 18.2 Å². The van der Waals surface area contributed by atoms with Gasteiger partial charge in [0.05, 0.1) is 17.3 Å². The highest BCUT2D eigenvalue weighted by atomic mass is 16.4. The fraction of sp³-hybridized carbons (Fsp3) is 0.111. The summed E-state index contributed by atoms with van der Waals surface area (Å²) in [5.41, 5.74) is 0.582. The normalized spacial score (nSPS) is 9.93. The molecule has 0 radical (unpaired) electrons. The van der Waals surface area contributed by atoms with Crippen molar-refractivity contribution >= 4 is 11.7 Å². The molecule has 1 aromatic rings. The van der Waals surface area contributed by atoms with Gasteiger partial charge in [-0.3, -0.25) is 0 Å². The monoisotopic (exact) mass is 189 g/mol. The summed E-state index contributed by atoms with van der Waals surface area (Å²) in [5.74, 6) is -1.01. The van der Waals surface area contributed by atoms with Crippen LogP contribution >= 0.6 is 0 Å². The second-order valence-electron chi connectivity index (χ2n) is 2.41. The summed E-state index contributed by atoms with van der Waals surface area (Å²) in [6.45, 7) is -0.0305. The summed E-state index contributed by atoms with van der Waals surface area (Å²) >= 11 is 0. The summed E-state index contributed by atoms with van der Waals surface area (Å²) in [7, 11) is 0. The molecule has 1 rings (SSSR count). The molecule has 1 N–H and O–H groups in total. The van der Waals surface area contributed by atoms with Gasteiger partial charge in [-0.2, -0.15) is 15.5 Å². The number of hydrogen-bond acceptors (Lipinski definition) is 4. The van der Waals surface area contributed by atoms with E-state index in [0.717, 1.165) is 0 Å². The van der Waals surface area contributed by atoms with Gasteiger partial charge in [0.15, 0.2) is 0 Å². The first-order valence-corrected chi connectivity index (χ1v) is 3.82. The predicted molar refractivity (Wildman–Crippen MR) is 48.4 cm³/mol. The Morgan fingerprint density at radius 1 is 1.57 bits per heavy atom. The molecule has 0 spiro atoms. The van der Waals surface area contributed by atoms with E-state index in [4.69, 9.17) is 10.4 Å². The lowest BCUT2D eigenvalue weighted by atomic mass is 10.2. The molecule has 0 heterocycles. The Labute approximate surface area is 80.3 Å². The second-order valence-corrected chi connectivity index (χ2v) is 2.41. The van der Waals surface area contributed by atoms with Crippen LogP contribution in [0, 0.1) is 11.3 Å². The van der Waals surface area contributed by atoms with Crippen molar-refractivity contribution in [3.05, 3.63) is 29.8 Å². The minimum Gasteiger partial charge on any atom is -0.478 e. The van der Waals surface area contributed by atoms with Gasteiger partial charge in [0.2, 0.25) is 0 Å². The first-order chi connectivity index (χ1) is 6.74. The fourth-order valence-electron chi connectivity index (χ4n) is 0.850. The van der Waals surface area contributed by atoms with E-state index in [2.05, 4.69) is 10.2 Å². The van der Waals surface area contributed by atoms with Crippen molar-refractivity contribution in [1.82, 2.24) is 0 Å². The number of azo groups is 1. The van der Waals surface area contributed by atoms with Crippen LogP contribution in [0.25, 0.3) is 0 Å². The number of carboxylic acid groups (broad SMARTS) is 1. The molecule has 0 fully saturated rings. The highest BCUT2D eigenvalue weighted by Gasteiger charge is 2.01. The molecule has 0 aromatic heterocycles. The van der Waals surface area contributed by atoms with Crippen molar-refractivity contribution in [3.63, 3.8) is 0 Å². The van der Waals surface area contributed by atoms with Gasteiger partial charge in [0, 0.05) is 0 Å². The molecule has 1 aromatic carbocycles. The first-order valence-electron chi connectivity index (χ1n) is 3.82. The minimum absolute atomic E-state index is 0.0305. The zero-order chi connectivity index (χ0) is 10.4. The molecule has 5 nitrogen and oxygen atoms in total. The minimum atomic E-state index is -1.01. The lowest BCUT2D eigenvalue weighted by molar-refractivity contribution is 0.0697. The van der Waals surface area contributed by atoms with Gasteiger partial charge in [-0.25, -0.2) is 4.79 Å². The largest absolute Gasteiger partial charge is 0.478 e. The van der Waals surface area contributed by atoms with Crippen LogP contribution in [-0.2, 0) is 0 Å². The maximum absolute atomic E-state index is 10.6. The van der Waals surface area contributed by atoms with Crippen LogP contribution in [0.5, 0.6) is 0 Å². The van der Waals surface area contributed by atoms with Crippen LogP contribution in [0.2, 0.25) is 0 Å². The molecular formula is C9H7N3O2. The topological polar surface area (TPSA) is 85.8 Å². The number of carboxylic acids is 1. The van der Waals surface area contributed by atoms with E-state index in [1.165, 1.54) is 12.1 Å². The highest BCUT2D eigenvalue weighted by molar-refractivity contribution is 5.88. The van der Waals surface area contributed by atoms with Gasteiger partial charge in [0.25, 0.3) is 0 Å². The molecule has 0 saturated heterocycles. The smallest absolute Gasteiger partial charge is 0.335 e. The van der Waals surface area contributed by atoms with E-state index in [0.29, 0.717) is 5.69 Å². The van der Waals surface area contributed by atoms with Crippen molar-refractivity contribution in [2.75, 3.05) is 6.54 Å². The van der Waals surface area contributed by atoms with E-state index < -0.39 is 5.97 Å². The van der Waals surface area contributed by atoms with Crippen molar-refractivity contribution in [3.8, 4) is 6.07 Å². The van der Waals surface area contributed by atoms with E-state index in [9.17, 15) is 4.79 Å². The third-order valence-electron chi connectivity index (χ3n) is 1.42. The zero-order valence-electron chi connectivity index (χ0n) is 7.21. The van der Waals surface area contributed by atoms with E-state index in [1.807, 2.05) is 0 Å². The Hall–Kier alpha value is -2.22. The standard InChI is InChI=1S/C9H7N3O2/c10-4-5-11-12-8-3-1-2-7(6-8)9(13)14/h1-3,6H,5H2,(H,13,14). The highest BCUT2D eigenvalue weighted by Crippen LogP contribution is 2.14. The van der Waals surface area contributed by atoms with Crippen molar-refractivity contribution in [1.29, 1.82) is 5.26 Å². The number of benzene rings is 1. The number of nitrogens with zero attached hydrogens (tertiary/aromatic N) is 3. The van der Waals surface area contributed by atoms with Crippen LogP contribution in [0.15, 0.2) is 34.5 Å². The summed E-state index contributed by atoms with van der Waals surface area (Å²) in [5, 5.41) is 24.1. The second kappa shape index (κ2) is 4.72. The fourth-order valence-corrected chi connectivity index (χ4v) is 0.850. The molecule has 14 heavy (non-hydrogen) atoms. The Morgan fingerprint density at radius 2 is 2.36 bits per heavy atom. The van der Waals surface area contributed by atoms with Crippen LogP contribution in [0.3, 0.4) is 0 Å². The lowest BCUT2D eigenvalue weighted by Gasteiger charge is -1.94. The lowest BCUT2D eigenvalue weighted by Crippen LogP contribution is -1.94. The van der Waals surface area contributed by atoms with Crippen LogP contribution in [0.1, 0.15) is 10.4 Å². The third kappa shape index (κ3) is 2.68. The number of nitriles is 1. The summed E-state index contributed by atoms with van der Waals surface area (Å²) in [4.78, 5) is 10.6. The molecule has 0 atom stereocenters. The molecule has 70 valence electrons. The predicted octanol–water partition coefficient (Wildman–Crippen LogP) is 1.99. The average Bonchev–Trinajstić information content (AvgIpc) is 2.19. The number of aromatic carboxylic acids is 1. The quantitative estimate of drug-likeness (QED) is 0.582. The number of hydrogen-bond donors (Lipinski definition) is 1. The molecule has 0 saturated carbocycles. The SMILES string of the molecule is N#CCN=Nc1cccc(C(=O)O)c1. The van der Waals surface area contributed by atoms with E-state index >= 15 is 0 Å². The van der Waals surface area contributed by atoms with Gasteiger partial charge >= 0.3 is 5.97 Å². The van der Waals surface area contributed by atoms with Gasteiger partial charge < -0.3 is 5.11 Å². The van der Waals surface area contributed by atoms with Gasteiger partial charge in [-0.1, -0.05) is 6.07 Å². The van der Waals surface area contributed by atoms with Gasteiger partial charge in [-0.05, 0) is 18.2 Å². The summed E-state index contributed by atoms with van der Waals surface area (Å²) in [6.07, 6.45) is 0.